The number of pyridine rings is 1. The van der Waals surface area contributed by atoms with Crippen LogP contribution in [-0.2, 0) is 27.8 Å². The van der Waals surface area contributed by atoms with Crippen molar-refractivity contribution in [3.05, 3.63) is 77.1 Å². The molecule has 0 spiro atoms. The van der Waals surface area contributed by atoms with Gasteiger partial charge in [-0.2, -0.15) is 0 Å². The Morgan fingerprint density at radius 2 is 1.76 bits per heavy atom. The van der Waals surface area contributed by atoms with E-state index >= 15 is 0 Å². The van der Waals surface area contributed by atoms with E-state index in [9.17, 15) is 18.3 Å². The normalized spacial score (nSPS) is 13.4. The number of rotatable bonds is 10. The summed E-state index contributed by atoms with van der Waals surface area (Å²) >= 11 is 0. The summed E-state index contributed by atoms with van der Waals surface area (Å²) in [6.45, 7) is 5.79. The molecule has 4 rings (SSSR count). The molecule has 0 saturated heterocycles. The zero-order valence-electron chi connectivity index (χ0n) is 20.9. The average Bonchev–Trinajstić information content (AvgIpc) is 3.35. The van der Waals surface area contributed by atoms with Crippen molar-refractivity contribution < 1.29 is 32.5 Å². The molecule has 1 aromatic heterocycles. The molecule has 1 aliphatic rings. The second kappa shape index (κ2) is 11.2. The minimum absolute atomic E-state index is 0.0321. The van der Waals surface area contributed by atoms with Crippen LogP contribution in [0.25, 0.3) is 0 Å². The number of aromatic nitrogens is 1. The van der Waals surface area contributed by atoms with Crippen LogP contribution >= 0.6 is 0 Å². The van der Waals surface area contributed by atoms with Gasteiger partial charge in [-0.25, -0.2) is 13.1 Å². The first kappa shape index (κ1) is 26.4. The third-order valence-electron chi connectivity index (χ3n) is 5.91. The number of carbonyl (C=O) groups excluding carboxylic acids is 1. The molecule has 1 amide bonds. The molecule has 1 unspecified atom stereocenters. The van der Waals surface area contributed by atoms with Crippen molar-refractivity contribution in [1.29, 1.82) is 0 Å². The number of benzene rings is 2. The predicted molar refractivity (Wildman–Crippen MR) is 136 cm³/mol. The predicted octanol–water partition coefficient (Wildman–Crippen LogP) is 4.00. The zero-order valence-corrected chi connectivity index (χ0v) is 21.7. The lowest BCUT2D eigenvalue weighted by Crippen LogP contribution is -2.37. The minimum atomic E-state index is -4.17. The number of nitrogens with one attached hydrogen (secondary N) is 1. The number of hydrogen-bond acceptors (Lipinski definition) is 8. The van der Waals surface area contributed by atoms with Gasteiger partial charge in [0.1, 0.15) is 5.75 Å². The van der Waals surface area contributed by atoms with Crippen LogP contribution in [0.15, 0.2) is 59.5 Å². The van der Waals surface area contributed by atoms with Gasteiger partial charge in [-0.3, -0.25) is 9.78 Å². The molecular formula is C27H30N2O7S. The largest absolute Gasteiger partial charge is 0.474 e. The Labute approximate surface area is 216 Å². The quantitative estimate of drug-likeness (QED) is 0.406. The fraction of sp³-hybridized carbons (Fsp3) is 0.333. The average molecular weight is 527 g/mol. The van der Waals surface area contributed by atoms with Crippen LogP contribution in [-0.4, -0.2) is 31.2 Å². The molecule has 2 aromatic carbocycles. The van der Waals surface area contributed by atoms with E-state index in [0.717, 1.165) is 12.0 Å². The van der Waals surface area contributed by atoms with Crippen molar-refractivity contribution in [3.63, 3.8) is 0 Å². The summed E-state index contributed by atoms with van der Waals surface area (Å²) in [5, 5.41) is 9.48. The van der Waals surface area contributed by atoms with Crippen LogP contribution in [0.1, 0.15) is 61.7 Å². The van der Waals surface area contributed by atoms with Gasteiger partial charge in [-0.15, -0.1) is 0 Å². The molecule has 0 bridgehead atoms. The van der Waals surface area contributed by atoms with Crippen LogP contribution in [0.4, 0.5) is 0 Å². The Hall–Kier alpha value is -3.63. The smallest absolute Gasteiger partial charge is 0.279 e. The number of amides is 1. The highest BCUT2D eigenvalue weighted by Gasteiger charge is 2.30. The standard InChI is InChI=1S/C27H30N2O7S/c1-4-5-22-23(13-9-20(15-30)28-22)36-26(19-8-12-24-25(14-19)35-16-34-24)27(31)29-37(32,33)21-10-6-18(7-11-21)17(2)3/h6-14,17,26,30H,4-5,15-16H2,1-3H3,(H,29,31). The summed E-state index contributed by atoms with van der Waals surface area (Å²) in [4.78, 5) is 17.8. The number of carbonyl (C=O) groups is 1. The summed E-state index contributed by atoms with van der Waals surface area (Å²) in [6, 6.07) is 14.5. The monoisotopic (exact) mass is 526 g/mol. The summed E-state index contributed by atoms with van der Waals surface area (Å²) in [7, 11) is -4.17. The van der Waals surface area contributed by atoms with E-state index in [4.69, 9.17) is 14.2 Å². The highest BCUT2D eigenvalue weighted by Crippen LogP contribution is 2.36. The highest BCUT2D eigenvalue weighted by molar-refractivity contribution is 7.90. The third kappa shape index (κ3) is 6.03. The lowest BCUT2D eigenvalue weighted by Gasteiger charge is -2.21. The molecule has 2 heterocycles. The van der Waals surface area contributed by atoms with Crippen molar-refractivity contribution in [3.8, 4) is 17.2 Å². The van der Waals surface area contributed by atoms with E-state index in [1.54, 1.807) is 42.5 Å². The number of aliphatic hydroxyl groups excluding tert-OH is 1. The molecule has 3 aromatic rings. The molecule has 37 heavy (non-hydrogen) atoms. The van der Waals surface area contributed by atoms with E-state index in [2.05, 4.69) is 9.71 Å². The molecule has 0 aliphatic carbocycles. The van der Waals surface area contributed by atoms with E-state index in [0.29, 0.717) is 40.6 Å². The maximum atomic E-state index is 13.5. The van der Waals surface area contributed by atoms with E-state index in [1.165, 1.54) is 12.1 Å². The van der Waals surface area contributed by atoms with Crippen LogP contribution in [0.5, 0.6) is 17.2 Å². The van der Waals surface area contributed by atoms with Gasteiger partial charge < -0.3 is 19.3 Å². The van der Waals surface area contributed by atoms with Gasteiger partial charge in [0.25, 0.3) is 15.9 Å². The Morgan fingerprint density at radius 3 is 2.43 bits per heavy atom. The maximum absolute atomic E-state index is 13.5. The summed E-state index contributed by atoms with van der Waals surface area (Å²) in [6.07, 6.45) is -0.0458. The Morgan fingerprint density at radius 1 is 1.05 bits per heavy atom. The van der Waals surface area contributed by atoms with Crippen molar-refractivity contribution in [2.75, 3.05) is 6.79 Å². The number of fused-ring (bicyclic) bond motifs is 1. The van der Waals surface area contributed by atoms with Crippen molar-refractivity contribution >= 4 is 15.9 Å². The number of ether oxygens (including phenoxy) is 3. The molecule has 0 saturated carbocycles. The molecule has 10 heteroatoms. The second-order valence-corrected chi connectivity index (χ2v) is 10.6. The van der Waals surface area contributed by atoms with Gasteiger partial charge >= 0.3 is 0 Å². The van der Waals surface area contributed by atoms with E-state index < -0.39 is 22.0 Å². The molecule has 196 valence electrons. The van der Waals surface area contributed by atoms with Gasteiger partial charge in [-0.05, 0) is 54.3 Å². The lowest BCUT2D eigenvalue weighted by atomic mass is 10.0. The first-order valence-corrected chi connectivity index (χ1v) is 13.5. The summed E-state index contributed by atoms with van der Waals surface area (Å²) < 4.78 is 45.2. The molecule has 9 nitrogen and oxygen atoms in total. The Bertz CT molecular complexity index is 1370. The van der Waals surface area contributed by atoms with E-state index in [1.807, 2.05) is 20.8 Å². The molecule has 1 atom stereocenters. The number of aliphatic hydroxyl groups is 1. The Kier molecular flexibility index (Phi) is 7.99. The number of sulfonamides is 1. The Balaban J connectivity index is 1.67. The zero-order chi connectivity index (χ0) is 26.6. The number of hydrogen-bond donors (Lipinski definition) is 2. The summed E-state index contributed by atoms with van der Waals surface area (Å²) in [5.74, 6) is 0.615. The molecule has 0 radical (unpaired) electrons. The van der Waals surface area contributed by atoms with Crippen molar-refractivity contribution in [2.24, 2.45) is 0 Å². The minimum Gasteiger partial charge on any atom is -0.474 e. The van der Waals surface area contributed by atoms with Gasteiger partial charge in [0.15, 0.2) is 11.5 Å². The second-order valence-electron chi connectivity index (χ2n) is 8.96. The van der Waals surface area contributed by atoms with Crippen molar-refractivity contribution in [1.82, 2.24) is 9.71 Å². The van der Waals surface area contributed by atoms with Gasteiger partial charge in [-0.1, -0.05) is 45.4 Å². The van der Waals surface area contributed by atoms with Crippen LogP contribution in [0.3, 0.4) is 0 Å². The van der Waals surface area contributed by atoms with Crippen LogP contribution in [0, 0.1) is 0 Å². The van der Waals surface area contributed by atoms with Crippen molar-refractivity contribution in [2.45, 2.75) is 57.1 Å². The SMILES string of the molecule is CCCc1nc(CO)ccc1OC(C(=O)NS(=O)(=O)c1ccc(C(C)C)cc1)c1ccc2c(c1)OCO2. The molecule has 0 fully saturated rings. The van der Waals surface area contributed by atoms with E-state index in [-0.39, 0.29) is 24.2 Å². The number of nitrogens with zero attached hydrogens (tertiary/aromatic N) is 1. The highest BCUT2D eigenvalue weighted by atomic mass is 32.2. The van der Waals surface area contributed by atoms with Gasteiger partial charge in [0.2, 0.25) is 12.9 Å². The molecule has 2 N–H and O–H groups in total. The maximum Gasteiger partial charge on any atom is 0.279 e. The first-order chi connectivity index (χ1) is 17.7. The molecular weight excluding hydrogens is 496 g/mol. The van der Waals surface area contributed by atoms with Gasteiger partial charge in [0, 0.05) is 5.56 Å². The topological polar surface area (TPSA) is 124 Å². The third-order valence-corrected chi connectivity index (χ3v) is 7.28. The number of aryl methyl sites for hydroxylation is 1. The fourth-order valence-corrected chi connectivity index (χ4v) is 4.88. The van der Waals surface area contributed by atoms with Crippen LogP contribution in [0.2, 0.25) is 0 Å². The summed E-state index contributed by atoms with van der Waals surface area (Å²) in [5.41, 5.74) is 2.38. The fourth-order valence-electron chi connectivity index (χ4n) is 3.90. The van der Waals surface area contributed by atoms with Crippen LogP contribution < -0.4 is 18.9 Å². The van der Waals surface area contributed by atoms with Gasteiger partial charge in [0.05, 0.1) is 22.9 Å². The first-order valence-electron chi connectivity index (χ1n) is 12.0. The molecule has 1 aliphatic heterocycles. The lowest BCUT2D eigenvalue weighted by molar-refractivity contribution is -0.126.